The van der Waals surface area contributed by atoms with Crippen LogP contribution < -0.4 is 5.32 Å². The second-order valence-electron chi connectivity index (χ2n) is 7.73. The van der Waals surface area contributed by atoms with Crippen LogP contribution in [0.5, 0.6) is 0 Å². The molecule has 0 unspecified atom stereocenters. The molecule has 1 aliphatic heterocycles. The molecule has 1 aromatic heterocycles. The van der Waals surface area contributed by atoms with Gasteiger partial charge < -0.3 is 9.73 Å². The molecule has 0 aliphatic carbocycles. The molecule has 1 saturated heterocycles. The van der Waals surface area contributed by atoms with E-state index < -0.39 is 4.92 Å². The molecule has 2 heterocycles. The van der Waals surface area contributed by atoms with Crippen molar-refractivity contribution in [2.45, 2.75) is 33.1 Å². The summed E-state index contributed by atoms with van der Waals surface area (Å²) in [7, 11) is 0. The summed E-state index contributed by atoms with van der Waals surface area (Å²) in [5, 5.41) is 14.7. The number of nitro groups is 1. The number of aryl methyl sites for hydroxylation is 2. The molecule has 0 atom stereocenters. The van der Waals surface area contributed by atoms with E-state index >= 15 is 0 Å². The highest BCUT2D eigenvalue weighted by molar-refractivity contribution is 8.18. The Kier molecular flexibility index (Phi) is 6.74. The van der Waals surface area contributed by atoms with Crippen molar-refractivity contribution < 1.29 is 14.1 Å². The zero-order valence-electron chi connectivity index (χ0n) is 18.3. The molecule has 0 saturated carbocycles. The van der Waals surface area contributed by atoms with Gasteiger partial charge in [0.25, 0.3) is 11.6 Å². The third-order valence-electron chi connectivity index (χ3n) is 5.15. The van der Waals surface area contributed by atoms with E-state index in [4.69, 9.17) is 4.42 Å². The Morgan fingerprint density at radius 1 is 1.15 bits per heavy atom. The zero-order chi connectivity index (χ0) is 23.4. The standard InChI is InChI=1S/C25H23N3O4S/c1-3-4-5-17-7-9-18(10-8-17)26-25-27-24(29)23(33-25)15-19-11-13-22(32-19)20-12-6-16(2)14-21(20)28(30)31/h6-15H,3-5H2,1-2H3,(H,26,27,29)/b23-15+. The lowest BCUT2D eigenvalue weighted by Gasteiger charge is -2.01. The predicted molar refractivity (Wildman–Crippen MR) is 131 cm³/mol. The Bertz CT molecular complexity index is 1260. The van der Waals surface area contributed by atoms with Crippen LogP contribution >= 0.6 is 11.8 Å². The number of unbranched alkanes of at least 4 members (excludes halogenated alkanes) is 1. The van der Waals surface area contributed by atoms with Crippen molar-refractivity contribution in [2.75, 3.05) is 0 Å². The number of rotatable bonds is 7. The zero-order valence-corrected chi connectivity index (χ0v) is 19.1. The topological polar surface area (TPSA) is 97.7 Å². The van der Waals surface area contributed by atoms with Crippen molar-refractivity contribution in [3.05, 3.63) is 86.5 Å². The van der Waals surface area contributed by atoms with Crippen molar-refractivity contribution in [2.24, 2.45) is 4.99 Å². The summed E-state index contributed by atoms with van der Waals surface area (Å²) in [6.07, 6.45) is 4.96. The summed E-state index contributed by atoms with van der Waals surface area (Å²) >= 11 is 1.22. The first-order valence-electron chi connectivity index (χ1n) is 10.7. The molecular formula is C25H23N3O4S. The maximum absolute atomic E-state index is 12.4. The van der Waals surface area contributed by atoms with Crippen LogP contribution in [0.1, 0.15) is 36.7 Å². The van der Waals surface area contributed by atoms with Gasteiger partial charge in [-0.1, -0.05) is 31.5 Å². The van der Waals surface area contributed by atoms with Crippen LogP contribution in [0.15, 0.2) is 68.9 Å². The molecule has 0 spiro atoms. The summed E-state index contributed by atoms with van der Waals surface area (Å²) in [6.45, 7) is 3.96. The average Bonchev–Trinajstić information content (AvgIpc) is 3.39. The minimum atomic E-state index is -0.428. The van der Waals surface area contributed by atoms with E-state index in [-0.39, 0.29) is 11.6 Å². The fraction of sp³-hybridized carbons (Fsp3) is 0.200. The summed E-state index contributed by atoms with van der Waals surface area (Å²) < 4.78 is 5.80. The number of benzene rings is 2. The van der Waals surface area contributed by atoms with Crippen LogP contribution in [0.25, 0.3) is 17.4 Å². The molecule has 8 heteroatoms. The lowest BCUT2D eigenvalue weighted by Crippen LogP contribution is -2.19. The van der Waals surface area contributed by atoms with E-state index in [9.17, 15) is 14.9 Å². The number of carbonyl (C=O) groups is 1. The van der Waals surface area contributed by atoms with Crippen molar-refractivity contribution >= 4 is 40.3 Å². The largest absolute Gasteiger partial charge is 0.456 e. The minimum Gasteiger partial charge on any atom is -0.456 e. The normalized spacial score (nSPS) is 15.9. The molecule has 3 aromatic rings. The Morgan fingerprint density at radius 2 is 1.94 bits per heavy atom. The molecule has 1 amide bonds. The number of nitrogens with zero attached hydrogens (tertiary/aromatic N) is 2. The summed E-state index contributed by atoms with van der Waals surface area (Å²) in [5.41, 5.74) is 3.20. The fourth-order valence-electron chi connectivity index (χ4n) is 3.42. The van der Waals surface area contributed by atoms with Gasteiger partial charge in [0.2, 0.25) is 0 Å². The fourth-order valence-corrected chi connectivity index (χ4v) is 4.24. The van der Waals surface area contributed by atoms with E-state index in [0.717, 1.165) is 30.5 Å². The van der Waals surface area contributed by atoms with Gasteiger partial charge in [0.05, 0.1) is 21.1 Å². The van der Waals surface area contributed by atoms with Crippen molar-refractivity contribution in [3.63, 3.8) is 0 Å². The lowest BCUT2D eigenvalue weighted by molar-refractivity contribution is -0.384. The second kappa shape index (κ2) is 9.87. The highest BCUT2D eigenvalue weighted by atomic mass is 32.2. The maximum Gasteiger partial charge on any atom is 0.280 e. The average molecular weight is 462 g/mol. The van der Waals surface area contributed by atoms with E-state index in [1.54, 1.807) is 37.3 Å². The van der Waals surface area contributed by atoms with Gasteiger partial charge in [-0.3, -0.25) is 14.9 Å². The Labute approximate surface area is 195 Å². The first-order chi connectivity index (χ1) is 15.9. The molecule has 0 bridgehead atoms. The van der Waals surface area contributed by atoms with Crippen molar-refractivity contribution in [3.8, 4) is 11.3 Å². The molecule has 168 valence electrons. The Morgan fingerprint density at radius 3 is 2.67 bits per heavy atom. The maximum atomic E-state index is 12.4. The molecule has 7 nitrogen and oxygen atoms in total. The number of hydrogen-bond donors (Lipinski definition) is 1. The second-order valence-corrected chi connectivity index (χ2v) is 8.76. The molecular weight excluding hydrogens is 438 g/mol. The summed E-state index contributed by atoms with van der Waals surface area (Å²) in [6, 6.07) is 16.3. The number of thioether (sulfide) groups is 1. The quantitative estimate of drug-likeness (QED) is 0.249. The Balaban J connectivity index is 1.51. The van der Waals surface area contributed by atoms with Gasteiger partial charge in [0, 0.05) is 12.1 Å². The SMILES string of the molecule is CCCCc1ccc(N=C2NC(=O)/C(=C\c3ccc(-c4ccc(C)cc4[N+](=O)[O-])o3)S2)cc1. The van der Waals surface area contributed by atoms with Gasteiger partial charge in [-0.25, -0.2) is 4.99 Å². The number of aliphatic imine (C=N–C) groups is 1. The minimum absolute atomic E-state index is 0.0216. The highest BCUT2D eigenvalue weighted by Crippen LogP contribution is 2.34. The first kappa shape index (κ1) is 22.5. The van der Waals surface area contributed by atoms with Gasteiger partial charge in [-0.05, 0) is 73.0 Å². The number of furan rings is 1. The molecule has 2 aromatic carbocycles. The van der Waals surface area contributed by atoms with Gasteiger partial charge in [0.15, 0.2) is 5.17 Å². The van der Waals surface area contributed by atoms with Crippen molar-refractivity contribution in [1.29, 1.82) is 0 Å². The number of amidine groups is 1. The Hall–Kier alpha value is -3.65. The van der Waals surface area contributed by atoms with Crippen LogP contribution in [0.4, 0.5) is 11.4 Å². The molecule has 0 radical (unpaired) electrons. The van der Waals surface area contributed by atoms with Crippen LogP contribution in [0.3, 0.4) is 0 Å². The van der Waals surface area contributed by atoms with Crippen LogP contribution in [-0.2, 0) is 11.2 Å². The molecule has 1 aliphatic rings. The van der Waals surface area contributed by atoms with Crippen LogP contribution in [-0.4, -0.2) is 16.0 Å². The monoisotopic (exact) mass is 461 g/mol. The third kappa shape index (κ3) is 5.40. The van der Waals surface area contributed by atoms with E-state index in [0.29, 0.717) is 27.2 Å². The van der Waals surface area contributed by atoms with E-state index in [1.807, 2.05) is 12.1 Å². The first-order valence-corrected chi connectivity index (χ1v) is 11.5. The summed E-state index contributed by atoms with van der Waals surface area (Å²) in [4.78, 5) is 28.3. The number of hydrogen-bond acceptors (Lipinski definition) is 6. The van der Waals surface area contributed by atoms with E-state index in [2.05, 4.69) is 29.4 Å². The highest BCUT2D eigenvalue weighted by Gasteiger charge is 2.25. The van der Waals surface area contributed by atoms with E-state index in [1.165, 1.54) is 23.4 Å². The van der Waals surface area contributed by atoms with Gasteiger partial charge in [-0.15, -0.1) is 0 Å². The molecule has 4 rings (SSSR count). The molecule has 33 heavy (non-hydrogen) atoms. The third-order valence-corrected chi connectivity index (χ3v) is 6.06. The van der Waals surface area contributed by atoms with Crippen LogP contribution in [0, 0.1) is 17.0 Å². The number of carbonyl (C=O) groups excluding carboxylic acids is 1. The predicted octanol–water partition coefficient (Wildman–Crippen LogP) is 6.40. The van der Waals surface area contributed by atoms with Gasteiger partial charge in [-0.2, -0.15) is 0 Å². The number of nitrogens with one attached hydrogen (secondary N) is 1. The lowest BCUT2D eigenvalue weighted by atomic mass is 10.1. The molecule has 1 N–H and O–H groups in total. The smallest absolute Gasteiger partial charge is 0.280 e. The summed E-state index contributed by atoms with van der Waals surface area (Å²) in [5.74, 6) is 0.533. The molecule has 1 fully saturated rings. The number of amides is 1. The van der Waals surface area contributed by atoms with Crippen LogP contribution in [0.2, 0.25) is 0 Å². The number of nitro benzene ring substituents is 1. The van der Waals surface area contributed by atoms with Gasteiger partial charge >= 0.3 is 0 Å². The van der Waals surface area contributed by atoms with Gasteiger partial charge in [0.1, 0.15) is 11.5 Å². The van der Waals surface area contributed by atoms with Crippen molar-refractivity contribution in [1.82, 2.24) is 5.32 Å².